The highest BCUT2D eigenvalue weighted by Crippen LogP contribution is 2.26. The number of amides is 2. The molecule has 2 heterocycles. The lowest BCUT2D eigenvalue weighted by atomic mass is 10.0. The fourth-order valence-corrected chi connectivity index (χ4v) is 2.41. The second-order valence-electron chi connectivity index (χ2n) is 5.36. The molecule has 4 N–H and O–H groups in total. The molecule has 0 fully saturated rings. The topological polar surface area (TPSA) is 98.7 Å². The normalized spacial score (nSPS) is 19.7. The number of hydrogen-bond acceptors (Lipinski definition) is 4. The van der Waals surface area contributed by atoms with E-state index in [0.717, 1.165) is 17.7 Å². The van der Waals surface area contributed by atoms with Gasteiger partial charge in [0, 0.05) is 39.0 Å². The first-order valence-corrected chi connectivity index (χ1v) is 7.34. The lowest BCUT2D eigenvalue weighted by Gasteiger charge is -2.16. The Morgan fingerprint density at radius 3 is 2.50 bits per heavy atom. The average Bonchev–Trinajstić information content (AvgIpc) is 2.62. The van der Waals surface area contributed by atoms with Crippen molar-refractivity contribution in [3.8, 4) is 11.5 Å². The highest BCUT2D eigenvalue weighted by atomic mass is 16.3. The van der Waals surface area contributed by atoms with E-state index in [0.29, 0.717) is 12.0 Å². The maximum absolute atomic E-state index is 11.3. The summed E-state index contributed by atoms with van der Waals surface area (Å²) in [7, 11) is 0. The molecule has 2 aromatic rings. The van der Waals surface area contributed by atoms with Gasteiger partial charge in [-0.1, -0.05) is 12.1 Å². The molecule has 0 spiro atoms. The monoisotopic (exact) mass is 330 g/mol. The van der Waals surface area contributed by atoms with Gasteiger partial charge in [0.1, 0.15) is 11.5 Å². The van der Waals surface area contributed by atoms with Crippen LogP contribution in [0.4, 0.5) is 11.4 Å². The van der Waals surface area contributed by atoms with Gasteiger partial charge in [-0.3, -0.25) is 9.59 Å². The third-order valence-corrected chi connectivity index (χ3v) is 3.61. The Kier molecular flexibility index (Phi) is 3.17. The molecule has 0 bridgehead atoms. The fourth-order valence-electron chi connectivity index (χ4n) is 2.41. The summed E-state index contributed by atoms with van der Waals surface area (Å²) in [5.74, 6) is -1.13. The number of phenols is 2. The van der Waals surface area contributed by atoms with Crippen LogP contribution in [0.15, 0.2) is 36.4 Å². The van der Waals surface area contributed by atoms with Gasteiger partial charge in [-0.15, -0.1) is 0 Å². The fraction of sp³-hybridized carbons (Fsp3) is 0.222. The smallest absolute Gasteiger partial charge is 0.224 e. The zero-order chi connectivity index (χ0) is 20.6. The number of phenolic OH excluding ortho intramolecular Hbond substituents is 2. The average molecular weight is 330 g/mol. The molecule has 6 heteroatoms. The minimum Gasteiger partial charge on any atom is -0.508 e. The van der Waals surface area contributed by atoms with E-state index in [4.69, 9.17) is 10.6 Å². The molecule has 0 aliphatic carbocycles. The minimum absolute atomic E-state index is 0.0214. The highest BCUT2D eigenvalue weighted by molar-refractivity contribution is 5.94. The van der Waals surface area contributed by atoms with E-state index in [1.165, 1.54) is 6.07 Å². The van der Waals surface area contributed by atoms with Crippen molar-refractivity contribution >= 4 is 23.2 Å². The zero-order valence-corrected chi connectivity index (χ0v) is 12.6. The molecule has 2 aliphatic rings. The molecule has 6 nitrogen and oxygen atoms in total. The molecule has 4 rings (SSSR count). The van der Waals surface area contributed by atoms with Crippen molar-refractivity contribution in [3.63, 3.8) is 0 Å². The molecule has 0 atom stereocenters. The number of nitrogens with one attached hydrogen (secondary N) is 2. The van der Waals surface area contributed by atoms with Crippen molar-refractivity contribution in [2.75, 3.05) is 10.6 Å². The highest BCUT2D eigenvalue weighted by Gasteiger charge is 2.15. The maximum atomic E-state index is 11.3. The van der Waals surface area contributed by atoms with Gasteiger partial charge in [0.15, 0.2) is 0 Å². The van der Waals surface area contributed by atoms with Crippen molar-refractivity contribution in [2.45, 2.75) is 25.6 Å². The number of carbonyl (C=O) groups is 2. The second kappa shape index (κ2) is 6.62. The third-order valence-electron chi connectivity index (χ3n) is 3.61. The Morgan fingerprint density at radius 2 is 1.67 bits per heavy atom. The van der Waals surface area contributed by atoms with Crippen LogP contribution in [0.2, 0.25) is 0 Å². The van der Waals surface area contributed by atoms with E-state index < -0.39 is 18.0 Å². The van der Waals surface area contributed by atoms with Gasteiger partial charge >= 0.3 is 0 Å². The molecule has 0 radical (unpaired) electrons. The first-order valence-electron chi connectivity index (χ1n) is 9.34. The van der Waals surface area contributed by atoms with Gasteiger partial charge in [0.05, 0.1) is 2.74 Å². The first-order chi connectivity index (χ1) is 13.1. The summed E-state index contributed by atoms with van der Waals surface area (Å²) in [5.41, 5.74) is 2.28. The molecule has 0 unspecified atom stereocenters. The van der Waals surface area contributed by atoms with Crippen molar-refractivity contribution < 1.29 is 25.3 Å². The van der Waals surface area contributed by atoms with Crippen LogP contribution < -0.4 is 10.6 Å². The van der Waals surface area contributed by atoms with E-state index in [-0.39, 0.29) is 35.8 Å². The van der Waals surface area contributed by atoms with Gasteiger partial charge in [-0.2, -0.15) is 0 Å². The number of aromatic hydroxyl groups is 2. The molecule has 0 saturated carbocycles. The van der Waals surface area contributed by atoms with Crippen molar-refractivity contribution in [1.29, 1.82) is 0 Å². The summed E-state index contributed by atoms with van der Waals surface area (Å²) in [6.45, 7) is 0. The van der Waals surface area contributed by atoms with Crippen LogP contribution in [0.25, 0.3) is 0 Å². The molecule has 0 saturated heterocycles. The summed E-state index contributed by atoms with van der Waals surface area (Å²) in [6.07, 6.45) is -0.922. The predicted molar refractivity (Wildman–Crippen MR) is 90.1 cm³/mol. The summed E-state index contributed by atoms with van der Waals surface area (Å²) < 4.78 is 29.8. The molecule has 24 heavy (non-hydrogen) atoms. The van der Waals surface area contributed by atoms with Crippen LogP contribution >= 0.6 is 0 Å². The second-order valence-corrected chi connectivity index (χ2v) is 5.36. The van der Waals surface area contributed by atoms with Gasteiger partial charge < -0.3 is 20.8 Å². The Hall–Kier alpha value is -3.02. The van der Waals surface area contributed by atoms with Gasteiger partial charge in [0.2, 0.25) is 11.8 Å². The maximum Gasteiger partial charge on any atom is 0.224 e. The molecule has 2 aromatic carbocycles. The lowest BCUT2D eigenvalue weighted by molar-refractivity contribution is -0.117. The number of benzene rings is 2. The Bertz CT molecular complexity index is 979. The molecule has 124 valence electrons. The van der Waals surface area contributed by atoms with Crippen molar-refractivity contribution in [2.24, 2.45) is 0 Å². The Morgan fingerprint density at radius 1 is 0.917 bits per heavy atom. The quantitative estimate of drug-likeness (QED) is 0.596. The van der Waals surface area contributed by atoms with Crippen LogP contribution in [0, 0.1) is 0 Å². The number of anilines is 2. The van der Waals surface area contributed by atoms with E-state index in [9.17, 15) is 14.7 Å². The molecule has 0 aromatic heterocycles. The molecule has 2 aliphatic heterocycles. The summed E-state index contributed by atoms with van der Waals surface area (Å²) in [6, 6.07) is 5.73. The lowest BCUT2D eigenvalue weighted by Crippen LogP contribution is -2.18. The Balaban J connectivity index is 0.000000167. The largest absolute Gasteiger partial charge is 0.508 e. The number of aryl methyl sites for hydroxylation is 2. The van der Waals surface area contributed by atoms with Gasteiger partial charge in [-0.25, -0.2) is 0 Å². The van der Waals surface area contributed by atoms with E-state index in [1.807, 2.05) is 6.07 Å². The Labute approximate surface area is 144 Å². The third kappa shape index (κ3) is 3.65. The SMILES string of the molecule is O=C1CCc2ccc(O)cc2N1.[2H]c1cc2c(c([2H])c1O)NC(=O)C([2H])([2H])C2. The van der Waals surface area contributed by atoms with E-state index >= 15 is 0 Å². The molecular weight excluding hydrogens is 308 g/mol. The van der Waals surface area contributed by atoms with Crippen LogP contribution in [0.3, 0.4) is 0 Å². The van der Waals surface area contributed by atoms with E-state index in [1.54, 1.807) is 12.1 Å². The summed E-state index contributed by atoms with van der Waals surface area (Å²) in [5, 5.41) is 23.4. The summed E-state index contributed by atoms with van der Waals surface area (Å²) >= 11 is 0. The first kappa shape index (κ1) is 11.5. The van der Waals surface area contributed by atoms with Crippen LogP contribution in [0.1, 0.15) is 29.4 Å². The standard InChI is InChI=1S/2C9H9NO2/c2*11-7-3-1-6-2-4-9(12)10-8(6)5-7/h2*1,3,5,11H,2,4H2,(H,10,12)/i3D,4D2,5D;. The van der Waals surface area contributed by atoms with Crippen LogP contribution in [0.5, 0.6) is 11.5 Å². The predicted octanol–water partition coefficient (Wildman–Crippen LogP) is 2.55. The summed E-state index contributed by atoms with van der Waals surface area (Å²) in [4.78, 5) is 22.3. The number of hydrogen-bond donors (Lipinski definition) is 4. The number of fused-ring (bicyclic) bond motifs is 2. The van der Waals surface area contributed by atoms with E-state index in [2.05, 4.69) is 10.6 Å². The van der Waals surface area contributed by atoms with Crippen molar-refractivity contribution in [1.82, 2.24) is 0 Å². The number of carbonyl (C=O) groups excluding carboxylic acids is 2. The van der Waals surface area contributed by atoms with Gasteiger partial charge in [-0.05, 0) is 36.1 Å². The van der Waals surface area contributed by atoms with Crippen LogP contribution in [-0.4, -0.2) is 22.0 Å². The molecule has 2 amide bonds. The van der Waals surface area contributed by atoms with Crippen LogP contribution in [-0.2, 0) is 22.4 Å². The van der Waals surface area contributed by atoms with Crippen molar-refractivity contribution in [3.05, 3.63) is 47.5 Å². The minimum atomic E-state index is -2.04. The zero-order valence-electron chi connectivity index (χ0n) is 16.6. The van der Waals surface area contributed by atoms with Gasteiger partial charge in [0.25, 0.3) is 0 Å². The molecular formula is C18H18N2O4. The number of rotatable bonds is 0.